The van der Waals surface area contributed by atoms with Crippen LogP contribution >= 0.6 is 0 Å². The Bertz CT molecular complexity index is 473. The number of nitrogens with zero attached hydrogens (tertiary/aromatic N) is 2. The van der Waals surface area contributed by atoms with E-state index >= 15 is 0 Å². The zero-order valence-electron chi connectivity index (χ0n) is 9.35. The van der Waals surface area contributed by atoms with E-state index in [1.54, 1.807) is 6.07 Å². The predicted molar refractivity (Wildman–Crippen MR) is 63.7 cm³/mol. The number of nitrogens with one attached hydrogen (secondary N) is 1. The summed E-state index contributed by atoms with van der Waals surface area (Å²) in [6, 6.07) is 6.70. The van der Waals surface area contributed by atoms with E-state index in [1.807, 2.05) is 6.07 Å². The van der Waals surface area contributed by atoms with Gasteiger partial charge in [0.05, 0.1) is 16.6 Å². The summed E-state index contributed by atoms with van der Waals surface area (Å²) in [5.41, 5.74) is 0.938. The first-order valence-corrected chi connectivity index (χ1v) is 5.66. The van der Waals surface area contributed by atoms with E-state index in [1.165, 1.54) is 12.1 Å². The van der Waals surface area contributed by atoms with Crippen molar-refractivity contribution in [3.05, 3.63) is 33.9 Å². The van der Waals surface area contributed by atoms with Crippen LogP contribution in [-0.4, -0.2) is 11.0 Å². The molecular formula is C12H13N3O2. The molecule has 1 aliphatic rings. The van der Waals surface area contributed by atoms with Crippen LogP contribution in [0.2, 0.25) is 0 Å². The number of nitriles is 1. The average Bonchev–Trinajstić information content (AvgIpc) is 2.81. The number of hydrogen-bond acceptors (Lipinski definition) is 4. The lowest BCUT2D eigenvalue weighted by Crippen LogP contribution is -2.15. The van der Waals surface area contributed by atoms with Crippen molar-refractivity contribution in [1.82, 2.24) is 0 Å². The summed E-state index contributed by atoms with van der Waals surface area (Å²) in [5, 5.41) is 22.9. The van der Waals surface area contributed by atoms with Crippen molar-refractivity contribution in [3.63, 3.8) is 0 Å². The molecule has 0 amide bonds. The lowest BCUT2D eigenvalue weighted by atomic mass is 10.1. The molecule has 0 radical (unpaired) electrons. The van der Waals surface area contributed by atoms with Crippen molar-refractivity contribution in [3.8, 4) is 6.07 Å². The fourth-order valence-electron chi connectivity index (χ4n) is 2.17. The second-order valence-electron chi connectivity index (χ2n) is 4.23. The highest BCUT2D eigenvalue weighted by atomic mass is 16.6. The summed E-state index contributed by atoms with van der Waals surface area (Å²) in [6.07, 6.45) is 4.38. The molecule has 1 N–H and O–H groups in total. The highest BCUT2D eigenvalue weighted by Gasteiger charge is 2.20. The molecule has 0 unspecified atom stereocenters. The first kappa shape index (κ1) is 11.4. The van der Waals surface area contributed by atoms with Crippen LogP contribution in [0, 0.1) is 21.4 Å². The van der Waals surface area contributed by atoms with Gasteiger partial charge in [-0.15, -0.1) is 0 Å². The Balaban J connectivity index is 2.28. The standard InChI is InChI=1S/C12H13N3O2/c13-8-9-5-6-12(15(16)17)11(7-9)14-10-3-1-2-4-10/h5-7,10,14H,1-4H2. The van der Waals surface area contributed by atoms with Gasteiger partial charge in [0, 0.05) is 12.1 Å². The van der Waals surface area contributed by atoms with Gasteiger partial charge in [-0.05, 0) is 25.0 Å². The highest BCUT2D eigenvalue weighted by Crippen LogP contribution is 2.29. The molecule has 0 aliphatic heterocycles. The van der Waals surface area contributed by atoms with Crippen molar-refractivity contribution in [2.24, 2.45) is 0 Å². The lowest BCUT2D eigenvalue weighted by molar-refractivity contribution is -0.384. The number of rotatable bonds is 3. The Labute approximate surface area is 99.2 Å². The lowest BCUT2D eigenvalue weighted by Gasteiger charge is -2.13. The molecule has 2 rings (SSSR count). The molecule has 0 aromatic heterocycles. The summed E-state index contributed by atoms with van der Waals surface area (Å²) in [6.45, 7) is 0. The third-order valence-corrected chi connectivity index (χ3v) is 3.04. The molecule has 0 bridgehead atoms. The number of nitro benzene ring substituents is 1. The maximum atomic E-state index is 10.9. The van der Waals surface area contributed by atoms with E-state index in [9.17, 15) is 10.1 Å². The van der Waals surface area contributed by atoms with Gasteiger partial charge in [-0.25, -0.2) is 0 Å². The van der Waals surface area contributed by atoms with Gasteiger partial charge in [0.1, 0.15) is 5.69 Å². The monoisotopic (exact) mass is 231 g/mol. The quantitative estimate of drug-likeness (QED) is 0.640. The molecule has 17 heavy (non-hydrogen) atoms. The largest absolute Gasteiger partial charge is 0.377 e. The normalized spacial score (nSPS) is 15.5. The van der Waals surface area contributed by atoms with Crippen LogP contribution in [0.15, 0.2) is 18.2 Å². The summed E-state index contributed by atoms with van der Waals surface area (Å²) in [7, 11) is 0. The molecule has 0 atom stereocenters. The summed E-state index contributed by atoms with van der Waals surface area (Å²) in [5.74, 6) is 0. The van der Waals surface area contributed by atoms with Gasteiger partial charge < -0.3 is 5.32 Å². The molecule has 1 aromatic rings. The molecule has 1 saturated carbocycles. The molecule has 0 saturated heterocycles. The van der Waals surface area contributed by atoms with E-state index < -0.39 is 4.92 Å². The van der Waals surface area contributed by atoms with E-state index in [0.29, 0.717) is 17.3 Å². The maximum Gasteiger partial charge on any atom is 0.292 e. The van der Waals surface area contributed by atoms with Crippen LogP contribution in [0.25, 0.3) is 0 Å². The van der Waals surface area contributed by atoms with E-state index in [0.717, 1.165) is 25.7 Å². The smallest absolute Gasteiger partial charge is 0.292 e. The summed E-state index contributed by atoms with van der Waals surface area (Å²) >= 11 is 0. The van der Waals surface area contributed by atoms with Crippen molar-refractivity contribution < 1.29 is 4.92 Å². The fourth-order valence-corrected chi connectivity index (χ4v) is 2.17. The third kappa shape index (κ3) is 2.53. The molecule has 88 valence electrons. The molecule has 1 fully saturated rings. The minimum Gasteiger partial charge on any atom is -0.377 e. The minimum absolute atomic E-state index is 0.0379. The van der Waals surface area contributed by atoms with Crippen LogP contribution < -0.4 is 5.32 Å². The number of benzene rings is 1. The average molecular weight is 231 g/mol. The molecule has 1 aliphatic carbocycles. The zero-order valence-corrected chi connectivity index (χ0v) is 9.35. The molecular weight excluding hydrogens is 218 g/mol. The first-order chi connectivity index (χ1) is 8.20. The molecule has 5 nitrogen and oxygen atoms in total. The Morgan fingerprint density at radius 3 is 2.71 bits per heavy atom. The third-order valence-electron chi connectivity index (χ3n) is 3.04. The van der Waals surface area contributed by atoms with Gasteiger partial charge in [-0.1, -0.05) is 12.8 Å². The second kappa shape index (κ2) is 4.83. The van der Waals surface area contributed by atoms with Gasteiger partial charge in [0.25, 0.3) is 5.69 Å². The first-order valence-electron chi connectivity index (χ1n) is 5.66. The van der Waals surface area contributed by atoms with Crippen molar-refractivity contribution in [2.45, 2.75) is 31.7 Å². The summed E-state index contributed by atoms with van der Waals surface area (Å²) in [4.78, 5) is 10.5. The van der Waals surface area contributed by atoms with Gasteiger partial charge in [-0.3, -0.25) is 10.1 Å². The Morgan fingerprint density at radius 2 is 2.12 bits per heavy atom. The van der Waals surface area contributed by atoms with Crippen molar-refractivity contribution in [2.75, 3.05) is 5.32 Å². The van der Waals surface area contributed by atoms with E-state index in [4.69, 9.17) is 5.26 Å². The van der Waals surface area contributed by atoms with Crippen LogP contribution in [0.4, 0.5) is 11.4 Å². The number of nitro groups is 1. The fraction of sp³-hybridized carbons (Fsp3) is 0.417. The van der Waals surface area contributed by atoms with Crippen molar-refractivity contribution in [1.29, 1.82) is 5.26 Å². The van der Waals surface area contributed by atoms with Crippen LogP contribution in [0.5, 0.6) is 0 Å². The van der Waals surface area contributed by atoms with Crippen molar-refractivity contribution >= 4 is 11.4 Å². The second-order valence-corrected chi connectivity index (χ2v) is 4.23. The van der Waals surface area contributed by atoms with Gasteiger partial charge in [-0.2, -0.15) is 5.26 Å². The van der Waals surface area contributed by atoms with E-state index in [2.05, 4.69) is 5.32 Å². The van der Waals surface area contributed by atoms with E-state index in [-0.39, 0.29) is 5.69 Å². The van der Waals surface area contributed by atoms with Crippen LogP contribution in [-0.2, 0) is 0 Å². The van der Waals surface area contributed by atoms with Gasteiger partial charge in [0.15, 0.2) is 0 Å². The van der Waals surface area contributed by atoms with Crippen LogP contribution in [0.3, 0.4) is 0 Å². The Morgan fingerprint density at radius 1 is 1.41 bits per heavy atom. The van der Waals surface area contributed by atoms with Gasteiger partial charge in [0.2, 0.25) is 0 Å². The predicted octanol–water partition coefficient (Wildman–Crippen LogP) is 2.82. The van der Waals surface area contributed by atoms with Gasteiger partial charge >= 0.3 is 0 Å². The van der Waals surface area contributed by atoms with Crippen LogP contribution in [0.1, 0.15) is 31.2 Å². The number of hydrogen-bond donors (Lipinski definition) is 1. The topological polar surface area (TPSA) is 79.0 Å². The highest BCUT2D eigenvalue weighted by molar-refractivity contribution is 5.64. The maximum absolute atomic E-state index is 10.9. The Hall–Kier alpha value is -2.09. The SMILES string of the molecule is N#Cc1ccc([N+](=O)[O-])c(NC2CCCC2)c1. The summed E-state index contributed by atoms with van der Waals surface area (Å²) < 4.78 is 0. The molecule has 0 heterocycles. The molecule has 5 heteroatoms. The number of anilines is 1. The minimum atomic E-state index is -0.418. The molecule has 1 aromatic carbocycles. The molecule has 0 spiro atoms. The Kier molecular flexibility index (Phi) is 3.24. The zero-order chi connectivity index (χ0) is 12.3.